The van der Waals surface area contributed by atoms with Crippen LogP contribution in [0.1, 0.15) is 42.8 Å². The van der Waals surface area contributed by atoms with Crippen molar-refractivity contribution in [3.63, 3.8) is 0 Å². The fourth-order valence-corrected chi connectivity index (χ4v) is 3.30. The molecule has 1 atom stereocenters. The highest BCUT2D eigenvalue weighted by molar-refractivity contribution is 7.18. The molecular formula is C13H22N4OS. The van der Waals surface area contributed by atoms with Gasteiger partial charge in [-0.3, -0.25) is 4.79 Å². The van der Waals surface area contributed by atoms with Crippen LogP contribution in [0.3, 0.4) is 0 Å². The van der Waals surface area contributed by atoms with Gasteiger partial charge in [0, 0.05) is 20.1 Å². The van der Waals surface area contributed by atoms with Crippen LogP contribution in [0.25, 0.3) is 0 Å². The fraction of sp³-hybridized carbons (Fsp3) is 0.692. The van der Waals surface area contributed by atoms with Gasteiger partial charge in [0.15, 0.2) is 5.13 Å². The van der Waals surface area contributed by atoms with Crippen LogP contribution in [-0.4, -0.2) is 31.0 Å². The summed E-state index contributed by atoms with van der Waals surface area (Å²) < 4.78 is 0. The van der Waals surface area contributed by atoms with Gasteiger partial charge in [-0.15, -0.1) is 0 Å². The monoisotopic (exact) mass is 282 g/mol. The number of nitrogens with zero attached hydrogens (tertiary/aromatic N) is 2. The fourth-order valence-electron chi connectivity index (χ4n) is 2.49. The van der Waals surface area contributed by atoms with Crippen LogP contribution in [0, 0.1) is 5.41 Å². The third-order valence-electron chi connectivity index (χ3n) is 3.79. The molecule has 1 aromatic heterocycles. The van der Waals surface area contributed by atoms with Crippen molar-refractivity contribution < 1.29 is 4.79 Å². The number of thiazole rings is 1. The van der Waals surface area contributed by atoms with Crippen LogP contribution in [0.15, 0.2) is 0 Å². The Balaban J connectivity index is 2.12. The minimum absolute atomic E-state index is 0.0944. The molecule has 2 rings (SSSR count). The third kappa shape index (κ3) is 2.83. The summed E-state index contributed by atoms with van der Waals surface area (Å²) >= 11 is 1.34. The highest BCUT2D eigenvalue weighted by Crippen LogP contribution is 2.37. The van der Waals surface area contributed by atoms with Crippen LogP contribution in [0.4, 0.5) is 10.9 Å². The molecule has 5 nitrogen and oxygen atoms in total. The van der Waals surface area contributed by atoms with Crippen LogP contribution < -0.4 is 16.0 Å². The molecule has 0 saturated heterocycles. The topological polar surface area (TPSA) is 71.2 Å². The number of rotatable bonds is 3. The van der Waals surface area contributed by atoms with Crippen molar-refractivity contribution >= 4 is 28.2 Å². The summed E-state index contributed by atoms with van der Waals surface area (Å²) in [6, 6.07) is 0.226. The van der Waals surface area contributed by atoms with Crippen molar-refractivity contribution in [2.45, 2.75) is 39.2 Å². The number of nitrogen functional groups attached to an aromatic ring is 1. The molecule has 6 heteroatoms. The van der Waals surface area contributed by atoms with Crippen LogP contribution in [0.5, 0.6) is 0 Å². The molecule has 0 aromatic carbocycles. The Morgan fingerprint density at radius 1 is 1.53 bits per heavy atom. The van der Waals surface area contributed by atoms with Crippen molar-refractivity contribution in [3.8, 4) is 0 Å². The lowest BCUT2D eigenvalue weighted by Crippen LogP contribution is -2.41. The second-order valence-electron chi connectivity index (χ2n) is 6.01. The Bertz CT molecular complexity index is 481. The number of nitrogens with one attached hydrogen (secondary N) is 1. The third-order valence-corrected chi connectivity index (χ3v) is 5.03. The molecule has 1 unspecified atom stereocenters. The predicted molar refractivity (Wildman–Crippen MR) is 79.7 cm³/mol. The van der Waals surface area contributed by atoms with E-state index in [0.29, 0.717) is 10.7 Å². The van der Waals surface area contributed by atoms with E-state index in [1.807, 2.05) is 19.0 Å². The van der Waals surface area contributed by atoms with Gasteiger partial charge in [-0.2, -0.15) is 0 Å². The highest BCUT2D eigenvalue weighted by atomic mass is 32.1. The molecule has 0 spiro atoms. The lowest BCUT2D eigenvalue weighted by Gasteiger charge is -2.27. The molecular weight excluding hydrogens is 260 g/mol. The smallest absolute Gasteiger partial charge is 0.265 e. The van der Waals surface area contributed by atoms with Gasteiger partial charge in [-0.25, -0.2) is 4.98 Å². The van der Waals surface area contributed by atoms with Gasteiger partial charge in [0.1, 0.15) is 10.7 Å². The largest absolute Gasteiger partial charge is 0.382 e. The average molecular weight is 282 g/mol. The van der Waals surface area contributed by atoms with E-state index in [9.17, 15) is 4.79 Å². The molecule has 1 aliphatic carbocycles. The number of nitrogens with two attached hydrogens (primary N) is 1. The van der Waals surface area contributed by atoms with Crippen molar-refractivity contribution in [1.82, 2.24) is 10.3 Å². The molecule has 0 radical (unpaired) electrons. The zero-order valence-corrected chi connectivity index (χ0v) is 12.8. The number of amides is 1. The zero-order chi connectivity index (χ0) is 14.2. The maximum atomic E-state index is 12.3. The standard InChI is InChI=1S/C13H22N4OS/c1-13(2)7-5-6-8(13)15-11(18)9-10(14)16-12(19-9)17(3)4/h8H,5-7,14H2,1-4H3,(H,15,18). The summed E-state index contributed by atoms with van der Waals surface area (Å²) in [5, 5.41) is 3.87. The van der Waals surface area contributed by atoms with Crippen LogP contribution in [-0.2, 0) is 0 Å². The molecule has 0 aliphatic heterocycles. The molecule has 1 fully saturated rings. The number of aromatic nitrogens is 1. The Morgan fingerprint density at radius 2 is 2.21 bits per heavy atom. The van der Waals surface area contributed by atoms with E-state index >= 15 is 0 Å². The zero-order valence-electron chi connectivity index (χ0n) is 12.0. The van der Waals surface area contributed by atoms with Gasteiger partial charge in [-0.1, -0.05) is 31.6 Å². The summed E-state index contributed by atoms with van der Waals surface area (Å²) in [6.07, 6.45) is 3.36. The first kappa shape index (κ1) is 14.1. The summed E-state index contributed by atoms with van der Waals surface area (Å²) in [7, 11) is 3.78. The first-order valence-electron chi connectivity index (χ1n) is 6.56. The lowest BCUT2D eigenvalue weighted by atomic mass is 9.87. The van der Waals surface area contributed by atoms with Crippen molar-refractivity contribution in [3.05, 3.63) is 4.88 Å². The first-order chi connectivity index (χ1) is 8.81. The molecule has 106 valence electrons. The molecule has 3 N–H and O–H groups in total. The second kappa shape index (κ2) is 5.00. The molecule has 1 heterocycles. The van der Waals surface area contributed by atoms with Crippen molar-refractivity contribution in [2.24, 2.45) is 5.41 Å². The molecule has 0 bridgehead atoms. The average Bonchev–Trinajstić information content (AvgIpc) is 2.83. The van der Waals surface area contributed by atoms with E-state index < -0.39 is 0 Å². The van der Waals surface area contributed by atoms with Crippen molar-refractivity contribution in [2.75, 3.05) is 24.7 Å². The van der Waals surface area contributed by atoms with Crippen LogP contribution in [0.2, 0.25) is 0 Å². The summed E-state index contributed by atoms with van der Waals surface area (Å²) in [5.41, 5.74) is 6.00. The molecule has 1 aliphatic rings. The summed E-state index contributed by atoms with van der Waals surface area (Å²) in [6.45, 7) is 4.40. The maximum absolute atomic E-state index is 12.3. The Kier molecular flexibility index (Phi) is 3.71. The van der Waals surface area contributed by atoms with Gasteiger partial charge in [-0.05, 0) is 18.3 Å². The maximum Gasteiger partial charge on any atom is 0.265 e. The van der Waals surface area contributed by atoms with Crippen molar-refractivity contribution in [1.29, 1.82) is 0 Å². The minimum atomic E-state index is -0.0944. The molecule has 1 amide bonds. The molecule has 19 heavy (non-hydrogen) atoms. The van der Waals surface area contributed by atoms with Gasteiger partial charge in [0.25, 0.3) is 5.91 Å². The predicted octanol–water partition coefficient (Wildman–Crippen LogP) is 2.10. The lowest BCUT2D eigenvalue weighted by molar-refractivity contribution is 0.0915. The van der Waals surface area contributed by atoms with E-state index in [1.165, 1.54) is 17.8 Å². The number of carbonyl (C=O) groups is 1. The molecule has 1 aromatic rings. The molecule has 1 saturated carbocycles. The minimum Gasteiger partial charge on any atom is -0.382 e. The van der Waals surface area contributed by atoms with Gasteiger partial charge in [0.2, 0.25) is 0 Å². The van der Waals surface area contributed by atoms with E-state index in [0.717, 1.165) is 18.0 Å². The Labute approximate surface area is 118 Å². The van der Waals surface area contributed by atoms with Gasteiger partial charge in [0.05, 0.1) is 0 Å². The van der Waals surface area contributed by atoms with E-state index in [2.05, 4.69) is 24.1 Å². The van der Waals surface area contributed by atoms with E-state index in [-0.39, 0.29) is 17.4 Å². The van der Waals surface area contributed by atoms with Gasteiger partial charge < -0.3 is 16.0 Å². The number of hydrogen-bond acceptors (Lipinski definition) is 5. The highest BCUT2D eigenvalue weighted by Gasteiger charge is 2.36. The first-order valence-corrected chi connectivity index (χ1v) is 7.37. The number of anilines is 2. The quantitative estimate of drug-likeness (QED) is 0.890. The number of hydrogen-bond donors (Lipinski definition) is 2. The van der Waals surface area contributed by atoms with Gasteiger partial charge >= 0.3 is 0 Å². The van der Waals surface area contributed by atoms with E-state index in [1.54, 1.807) is 0 Å². The van der Waals surface area contributed by atoms with Crippen LogP contribution >= 0.6 is 11.3 Å². The Hall–Kier alpha value is -1.30. The summed E-state index contributed by atoms with van der Waals surface area (Å²) in [4.78, 5) is 18.9. The second-order valence-corrected chi connectivity index (χ2v) is 6.99. The SMILES string of the molecule is CN(C)c1nc(N)c(C(=O)NC2CCCC2(C)C)s1. The normalized spacial score (nSPS) is 21.4. The Morgan fingerprint density at radius 3 is 2.68 bits per heavy atom. The summed E-state index contributed by atoms with van der Waals surface area (Å²) in [5.74, 6) is 0.227. The van der Waals surface area contributed by atoms with E-state index in [4.69, 9.17) is 5.73 Å². The number of carbonyl (C=O) groups excluding carboxylic acids is 1.